The first kappa shape index (κ1) is 10.3. The Morgan fingerprint density at radius 1 is 1.46 bits per heavy atom. The van der Waals surface area contributed by atoms with Crippen LogP contribution >= 0.6 is 0 Å². The van der Waals surface area contributed by atoms with Crippen LogP contribution in [0.3, 0.4) is 0 Å². The summed E-state index contributed by atoms with van der Waals surface area (Å²) < 4.78 is 0. The summed E-state index contributed by atoms with van der Waals surface area (Å²) in [5.41, 5.74) is -0.474. The maximum atomic E-state index is 11.6. The van der Waals surface area contributed by atoms with E-state index >= 15 is 0 Å². The van der Waals surface area contributed by atoms with Gasteiger partial charge in [-0.3, -0.25) is 9.59 Å². The molecule has 0 aromatic carbocycles. The monoisotopic (exact) mass is 180 g/mol. The van der Waals surface area contributed by atoms with Crippen LogP contribution in [-0.2, 0) is 9.59 Å². The zero-order valence-corrected chi connectivity index (χ0v) is 8.55. The zero-order chi connectivity index (χ0) is 10.2. The Morgan fingerprint density at radius 3 is 2.31 bits per heavy atom. The first-order chi connectivity index (χ1) is 5.96. The van der Waals surface area contributed by atoms with Gasteiger partial charge in [0.2, 0.25) is 13.3 Å². The summed E-state index contributed by atoms with van der Waals surface area (Å²) >= 11 is 0. The van der Waals surface area contributed by atoms with Gasteiger partial charge in [-0.05, 0) is 19.8 Å². The van der Waals surface area contributed by atoms with Crippen LogP contribution in [0.4, 0.5) is 0 Å². The van der Waals surface area contributed by atoms with Crippen molar-refractivity contribution in [2.75, 3.05) is 0 Å². The average Bonchev–Trinajstić information content (AvgIpc) is 2.57. The van der Waals surface area contributed by atoms with Gasteiger partial charge in [0.15, 0.2) is 0 Å². The molecule has 1 saturated carbocycles. The summed E-state index contributed by atoms with van der Waals surface area (Å²) in [5.74, 6) is 0.154. The lowest BCUT2D eigenvalue weighted by atomic mass is 9.95. The predicted molar refractivity (Wildman–Crippen MR) is 51.2 cm³/mol. The molecule has 0 aromatic heterocycles. The fourth-order valence-electron chi connectivity index (χ4n) is 2.14. The number of rotatable bonds is 3. The number of Topliss-reactive ketones (excluding diaryl/α,β-unsaturated/α-hetero) is 1. The van der Waals surface area contributed by atoms with Crippen LogP contribution in [0.25, 0.3) is 0 Å². The molecule has 3 atom stereocenters. The van der Waals surface area contributed by atoms with Gasteiger partial charge in [-0.1, -0.05) is 13.7 Å². The van der Waals surface area contributed by atoms with Crippen molar-refractivity contribution in [3.05, 3.63) is 0 Å². The van der Waals surface area contributed by atoms with Gasteiger partial charge in [0, 0.05) is 5.92 Å². The lowest BCUT2D eigenvalue weighted by Crippen LogP contribution is -2.34. The Hall–Kier alpha value is -0.795. The van der Waals surface area contributed by atoms with Crippen LogP contribution in [0, 0.1) is 17.3 Å². The predicted octanol–water partition coefficient (Wildman–Crippen LogP) is 0.631. The third-order valence-electron chi connectivity index (χ3n) is 3.19. The SMILES string of the molecule is C[B]NC(=O)[C@]1(C)C(C)[C@@H]1C(C)=O. The van der Waals surface area contributed by atoms with Crippen molar-refractivity contribution in [2.45, 2.75) is 27.6 Å². The summed E-state index contributed by atoms with van der Waals surface area (Å²) in [7, 11) is 1.61. The van der Waals surface area contributed by atoms with Crippen molar-refractivity contribution in [3.8, 4) is 0 Å². The standard InChI is InChI=1S/C9H15BNO2/c1-5-7(6(2)12)9(5,3)8(13)11-10-4/h5,7H,1-4H3,(H,11,13)/t5?,7-,9-/m1/s1. The molecule has 1 amide bonds. The van der Waals surface area contributed by atoms with Crippen LogP contribution in [0.1, 0.15) is 20.8 Å². The quantitative estimate of drug-likeness (QED) is 0.647. The van der Waals surface area contributed by atoms with Crippen molar-refractivity contribution >= 4 is 19.1 Å². The summed E-state index contributed by atoms with van der Waals surface area (Å²) in [6, 6.07) is 0. The van der Waals surface area contributed by atoms with Crippen molar-refractivity contribution in [2.24, 2.45) is 17.3 Å². The first-order valence-electron chi connectivity index (χ1n) is 4.55. The Morgan fingerprint density at radius 2 is 2.00 bits per heavy atom. The maximum absolute atomic E-state index is 11.6. The largest absolute Gasteiger partial charge is 0.403 e. The van der Waals surface area contributed by atoms with Crippen LogP contribution in [0.5, 0.6) is 0 Å². The van der Waals surface area contributed by atoms with E-state index in [2.05, 4.69) is 5.23 Å². The molecule has 13 heavy (non-hydrogen) atoms. The van der Waals surface area contributed by atoms with Gasteiger partial charge in [0.05, 0.1) is 5.41 Å². The summed E-state index contributed by atoms with van der Waals surface area (Å²) in [6.45, 7) is 7.11. The van der Waals surface area contributed by atoms with Crippen molar-refractivity contribution in [1.82, 2.24) is 5.23 Å². The van der Waals surface area contributed by atoms with Crippen LogP contribution in [0.2, 0.25) is 6.82 Å². The Kier molecular flexibility index (Phi) is 2.50. The summed E-state index contributed by atoms with van der Waals surface area (Å²) in [6.07, 6.45) is 0. The lowest BCUT2D eigenvalue weighted by Gasteiger charge is -2.09. The third-order valence-corrected chi connectivity index (χ3v) is 3.19. The normalized spacial score (nSPS) is 36.6. The van der Waals surface area contributed by atoms with Gasteiger partial charge in [-0.2, -0.15) is 0 Å². The van der Waals surface area contributed by atoms with Crippen molar-refractivity contribution < 1.29 is 9.59 Å². The molecule has 4 heteroatoms. The Labute approximate surface area is 79.5 Å². The minimum atomic E-state index is -0.474. The highest BCUT2D eigenvalue weighted by molar-refractivity contribution is 6.35. The van der Waals surface area contributed by atoms with E-state index in [-0.39, 0.29) is 23.5 Å². The van der Waals surface area contributed by atoms with Gasteiger partial charge in [-0.25, -0.2) is 0 Å². The lowest BCUT2D eigenvalue weighted by molar-refractivity contribution is -0.127. The highest BCUT2D eigenvalue weighted by Crippen LogP contribution is 2.58. The highest BCUT2D eigenvalue weighted by Gasteiger charge is 2.65. The van der Waals surface area contributed by atoms with Crippen LogP contribution in [0.15, 0.2) is 0 Å². The fraction of sp³-hybridized carbons (Fsp3) is 0.778. The number of amides is 1. The molecule has 1 fully saturated rings. The molecule has 1 unspecified atom stereocenters. The smallest absolute Gasteiger partial charge is 0.242 e. The number of ketones is 1. The number of carbonyl (C=O) groups excluding carboxylic acids is 2. The third kappa shape index (κ3) is 1.38. The van der Waals surface area contributed by atoms with E-state index in [0.29, 0.717) is 0 Å². The van der Waals surface area contributed by atoms with Gasteiger partial charge >= 0.3 is 0 Å². The van der Waals surface area contributed by atoms with E-state index in [4.69, 9.17) is 0 Å². The van der Waals surface area contributed by atoms with Crippen molar-refractivity contribution in [3.63, 3.8) is 0 Å². The maximum Gasteiger partial charge on any atom is 0.242 e. The summed E-state index contributed by atoms with van der Waals surface area (Å²) in [4.78, 5) is 22.7. The molecule has 1 radical (unpaired) electrons. The van der Waals surface area contributed by atoms with Crippen LogP contribution < -0.4 is 5.23 Å². The molecule has 1 aliphatic carbocycles. The molecule has 0 spiro atoms. The number of carbonyl (C=O) groups is 2. The second-order valence-electron chi connectivity index (χ2n) is 3.92. The van der Waals surface area contributed by atoms with E-state index < -0.39 is 5.41 Å². The average molecular weight is 180 g/mol. The number of hydrogen-bond donors (Lipinski definition) is 1. The molecule has 3 nitrogen and oxygen atoms in total. The second kappa shape index (κ2) is 3.16. The number of nitrogens with one attached hydrogen (secondary N) is 1. The Balaban J connectivity index is 2.70. The minimum Gasteiger partial charge on any atom is -0.403 e. The van der Waals surface area contributed by atoms with Crippen LogP contribution in [-0.4, -0.2) is 19.1 Å². The topological polar surface area (TPSA) is 46.2 Å². The molecule has 0 aromatic rings. The first-order valence-corrected chi connectivity index (χ1v) is 4.55. The molecule has 0 bridgehead atoms. The second-order valence-corrected chi connectivity index (χ2v) is 3.92. The molecule has 0 saturated heterocycles. The molecule has 1 aliphatic rings. The van der Waals surface area contributed by atoms with Gasteiger partial charge in [0.25, 0.3) is 0 Å². The highest BCUT2D eigenvalue weighted by atomic mass is 16.2. The van der Waals surface area contributed by atoms with E-state index in [9.17, 15) is 9.59 Å². The van der Waals surface area contributed by atoms with E-state index in [1.54, 1.807) is 21.2 Å². The van der Waals surface area contributed by atoms with E-state index in [1.165, 1.54) is 0 Å². The molecular formula is C9H15BNO2. The van der Waals surface area contributed by atoms with Gasteiger partial charge < -0.3 is 5.23 Å². The molecule has 71 valence electrons. The number of hydrogen-bond acceptors (Lipinski definition) is 2. The molecule has 0 aliphatic heterocycles. The molecular weight excluding hydrogens is 165 g/mol. The summed E-state index contributed by atoms with van der Waals surface area (Å²) in [5, 5.41) is 2.65. The van der Waals surface area contributed by atoms with Gasteiger partial charge in [0.1, 0.15) is 5.78 Å². The van der Waals surface area contributed by atoms with Gasteiger partial charge in [-0.15, -0.1) is 0 Å². The molecule has 1 rings (SSSR count). The zero-order valence-electron chi connectivity index (χ0n) is 8.55. The van der Waals surface area contributed by atoms with E-state index in [1.807, 2.05) is 13.8 Å². The van der Waals surface area contributed by atoms with Crippen molar-refractivity contribution in [1.29, 1.82) is 0 Å². The molecule has 1 N–H and O–H groups in total. The minimum absolute atomic E-state index is 0.0392. The van der Waals surface area contributed by atoms with E-state index in [0.717, 1.165) is 0 Å². The fourth-order valence-corrected chi connectivity index (χ4v) is 2.14. The molecule has 0 heterocycles. The Bertz CT molecular complexity index is 254.